The first kappa shape index (κ1) is 14.0. The van der Waals surface area contributed by atoms with Crippen LogP contribution >= 0.6 is 0 Å². The molecule has 2 heterocycles. The third-order valence-corrected chi connectivity index (χ3v) is 5.29. The summed E-state index contributed by atoms with van der Waals surface area (Å²) in [6.45, 7) is 8.99. The molecule has 3 rings (SSSR count). The van der Waals surface area contributed by atoms with Gasteiger partial charge in [0.1, 0.15) is 32.7 Å². The average molecular weight is 275 g/mol. The van der Waals surface area contributed by atoms with Gasteiger partial charge in [-0.05, 0) is 24.8 Å². The fourth-order valence-electron chi connectivity index (χ4n) is 4.11. The van der Waals surface area contributed by atoms with E-state index in [1.54, 1.807) is 4.90 Å². The summed E-state index contributed by atoms with van der Waals surface area (Å²) in [5.41, 5.74) is 1.39. The number of nitrogens with one attached hydrogen (secondary N) is 2. The lowest BCUT2D eigenvalue weighted by Gasteiger charge is -2.37. The minimum Gasteiger partial charge on any atom is -0.323 e. The lowest BCUT2D eigenvalue weighted by molar-refractivity contribution is -1.03. The minimum absolute atomic E-state index is 0.957. The first-order chi connectivity index (χ1) is 9.81. The second kappa shape index (κ2) is 6.68. The molecule has 2 aliphatic rings. The summed E-state index contributed by atoms with van der Waals surface area (Å²) in [5, 5.41) is 0. The van der Waals surface area contributed by atoms with Gasteiger partial charge in [0.25, 0.3) is 0 Å². The van der Waals surface area contributed by atoms with Crippen LogP contribution in [-0.4, -0.2) is 37.2 Å². The SMILES string of the molecule is CC1CCCC([NH+]2CC[NH+](Cc3cccnc3)CC2)C1. The molecule has 0 aromatic carbocycles. The van der Waals surface area contributed by atoms with Crippen LogP contribution in [-0.2, 0) is 6.54 Å². The van der Waals surface area contributed by atoms with Crippen LogP contribution in [0.1, 0.15) is 38.2 Å². The molecule has 1 aliphatic heterocycles. The molecule has 1 saturated heterocycles. The molecular formula is C17H29N3+2. The second-order valence-corrected chi connectivity index (χ2v) is 6.91. The van der Waals surface area contributed by atoms with E-state index in [1.165, 1.54) is 57.4 Å². The number of quaternary nitrogens is 2. The lowest BCUT2D eigenvalue weighted by Crippen LogP contribution is -3.29. The molecule has 3 heteroatoms. The second-order valence-electron chi connectivity index (χ2n) is 6.91. The molecule has 2 unspecified atom stereocenters. The molecule has 0 spiro atoms. The van der Waals surface area contributed by atoms with E-state index in [1.807, 2.05) is 17.3 Å². The molecule has 1 aromatic rings. The molecule has 3 nitrogen and oxygen atoms in total. The van der Waals surface area contributed by atoms with E-state index in [9.17, 15) is 0 Å². The molecule has 0 bridgehead atoms. The number of piperazine rings is 1. The number of hydrogen-bond acceptors (Lipinski definition) is 1. The quantitative estimate of drug-likeness (QED) is 0.793. The summed E-state index contributed by atoms with van der Waals surface area (Å²) in [5.74, 6) is 0.960. The van der Waals surface area contributed by atoms with Crippen LogP contribution in [0.2, 0.25) is 0 Å². The van der Waals surface area contributed by atoms with Crippen molar-refractivity contribution < 1.29 is 9.80 Å². The number of pyridine rings is 1. The molecule has 20 heavy (non-hydrogen) atoms. The van der Waals surface area contributed by atoms with Crippen LogP contribution in [0.4, 0.5) is 0 Å². The van der Waals surface area contributed by atoms with Gasteiger partial charge in [-0.1, -0.05) is 19.4 Å². The summed E-state index contributed by atoms with van der Waals surface area (Å²) < 4.78 is 0. The van der Waals surface area contributed by atoms with Crippen LogP contribution in [0.15, 0.2) is 24.5 Å². The highest BCUT2D eigenvalue weighted by Crippen LogP contribution is 2.21. The molecular weight excluding hydrogens is 246 g/mol. The fraction of sp³-hybridized carbons (Fsp3) is 0.706. The number of aromatic nitrogens is 1. The number of nitrogens with zero attached hydrogens (tertiary/aromatic N) is 1. The zero-order chi connectivity index (χ0) is 13.8. The Labute approximate surface area is 123 Å². The summed E-state index contributed by atoms with van der Waals surface area (Å²) in [4.78, 5) is 7.86. The van der Waals surface area contributed by atoms with Gasteiger partial charge in [-0.25, -0.2) is 0 Å². The molecule has 1 aliphatic carbocycles. The summed E-state index contributed by atoms with van der Waals surface area (Å²) in [7, 11) is 0. The van der Waals surface area contributed by atoms with Crippen molar-refractivity contribution >= 4 is 0 Å². The van der Waals surface area contributed by atoms with Crippen molar-refractivity contribution in [2.45, 2.75) is 45.2 Å². The first-order valence-electron chi connectivity index (χ1n) is 8.38. The Bertz CT molecular complexity index is 398. The molecule has 2 fully saturated rings. The van der Waals surface area contributed by atoms with E-state index in [4.69, 9.17) is 0 Å². The van der Waals surface area contributed by atoms with Gasteiger partial charge in [-0.3, -0.25) is 4.98 Å². The Morgan fingerprint density at radius 2 is 2.05 bits per heavy atom. The van der Waals surface area contributed by atoms with Crippen molar-refractivity contribution in [1.82, 2.24) is 4.98 Å². The van der Waals surface area contributed by atoms with Gasteiger partial charge in [0.2, 0.25) is 0 Å². The van der Waals surface area contributed by atoms with Crippen LogP contribution < -0.4 is 9.80 Å². The lowest BCUT2D eigenvalue weighted by atomic mass is 9.86. The van der Waals surface area contributed by atoms with E-state index < -0.39 is 0 Å². The van der Waals surface area contributed by atoms with Crippen molar-refractivity contribution in [1.29, 1.82) is 0 Å². The summed E-state index contributed by atoms with van der Waals surface area (Å²) in [6.07, 6.45) is 9.74. The minimum atomic E-state index is 0.957. The number of hydrogen-bond donors (Lipinski definition) is 2. The van der Waals surface area contributed by atoms with Gasteiger partial charge in [0, 0.05) is 24.4 Å². The highest BCUT2D eigenvalue weighted by Gasteiger charge is 2.32. The Balaban J connectivity index is 1.47. The molecule has 2 N–H and O–H groups in total. The summed E-state index contributed by atoms with van der Waals surface area (Å²) >= 11 is 0. The number of rotatable bonds is 3. The van der Waals surface area contributed by atoms with Gasteiger partial charge < -0.3 is 9.80 Å². The normalized spacial score (nSPS) is 34.9. The molecule has 2 atom stereocenters. The highest BCUT2D eigenvalue weighted by molar-refractivity contribution is 5.06. The van der Waals surface area contributed by atoms with Crippen molar-refractivity contribution in [2.24, 2.45) is 5.92 Å². The molecule has 0 amide bonds. The standard InChI is InChI=1S/C17H27N3/c1-15-4-2-6-17(12-15)20-10-8-19(9-11-20)14-16-5-3-7-18-13-16/h3,5,7,13,15,17H,2,4,6,8-12,14H2,1H3/p+2. The van der Waals surface area contributed by atoms with Crippen molar-refractivity contribution in [3.63, 3.8) is 0 Å². The Hall–Kier alpha value is -0.930. The van der Waals surface area contributed by atoms with Crippen molar-refractivity contribution in [3.05, 3.63) is 30.1 Å². The van der Waals surface area contributed by atoms with E-state index in [2.05, 4.69) is 24.0 Å². The van der Waals surface area contributed by atoms with Gasteiger partial charge in [-0.15, -0.1) is 0 Å². The van der Waals surface area contributed by atoms with Crippen LogP contribution in [0.5, 0.6) is 0 Å². The molecule has 110 valence electrons. The summed E-state index contributed by atoms with van der Waals surface area (Å²) in [6, 6.07) is 5.22. The third kappa shape index (κ3) is 3.58. The monoisotopic (exact) mass is 275 g/mol. The van der Waals surface area contributed by atoms with Crippen LogP contribution in [0.25, 0.3) is 0 Å². The van der Waals surface area contributed by atoms with Crippen molar-refractivity contribution in [3.8, 4) is 0 Å². The van der Waals surface area contributed by atoms with Gasteiger partial charge >= 0.3 is 0 Å². The van der Waals surface area contributed by atoms with Gasteiger partial charge in [0.05, 0.1) is 6.04 Å². The Kier molecular flexibility index (Phi) is 4.69. The maximum atomic E-state index is 4.23. The van der Waals surface area contributed by atoms with Crippen LogP contribution in [0, 0.1) is 5.92 Å². The van der Waals surface area contributed by atoms with E-state index in [0.29, 0.717) is 0 Å². The molecule has 0 radical (unpaired) electrons. The van der Waals surface area contributed by atoms with E-state index >= 15 is 0 Å². The third-order valence-electron chi connectivity index (χ3n) is 5.29. The molecule has 1 aromatic heterocycles. The maximum absolute atomic E-state index is 4.23. The Morgan fingerprint density at radius 3 is 2.75 bits per heavy atom. The van der Waals surface area contributed by atoms with Crippen molar-refractivity contribution in [2.75, 3.05) is 26.2 Å². The molecule has 1 saturated carbocycles. The predicted molar refractivity (Wildman–Crippen MR) is 80.8 cm³/mol. The zero-order valence-corrected chi connectivity index (χ0v) is 12.8. The van der Waals surface area contributed by atoms with E-state index in [0.717, 1.165) is 18.5 Å². The van der Waals surface area contributed by atoms with E-state index in [-0.39, 0.29) is 0 Å². The Morgan fingerprint density at radius 1 is 1.20 bits per heavy atom. The fourth-order valence-corrected chi connectivity index (χ4v) is 4.11. The first-order valence-corrected chi connectivity index (χ1v) is 8.38. The topological polar surface area (TPSA) is 21.8 Å². The van der Waals surface area contributed by atoms with Crippen LogP contribution in [0.3, 0.4) is 0 Å². The largest absolute Gasteiger partial charge is 0.323 e. The smallest absolute Gasteiger partial charge is 0.127 e. The zero-order valence-electron chi connectivity index (χ0n) is 12.8. The predicted octanol–water partition coefficient (Wildman–Crippen LogP) is -0.0563. The highest BCUT2D eigenvalue weighted by atomic mass is 15.3. The maximum Gasteiger partial charge on any atom is 0.127 e. The average Bonchev–Trinajstić information content (AvgIpc) is 2.49. The van der Waals surface area contributed by atoms with Gasteiger partial charge in [-0.2, -0.15) is 0 Å². The van der Waals surface area contributed by atoms with Gasteiger partial charge in [0.15, 0.2) is 0 Å².